The SMILES string of the molecule is CCNC(=O)C1CCN(C(=O)C(F)(F)C2(O)CCC2)CC1. The molecule has 2 fully saturated rings. The molecule has 1 heterocycles. The number of amides is 2. The van der Waals surface area contributed by atoms with Crippen LogP contribution in [0.5, 0.6) is 0 Å². The smallest absolute Gasteiger partial charge is 0.352 e. The van der Waals surface area contributed by atoms with Crippen molar-refractivity contribution in [2.75, 3.05) is 19.6 Å². The maximum Gasteiger partial charge on any atom is 0.352 e. The molecule has 7 heteroatoms. The van der Waals surface area contributed by atoms with Crippen LogP contribution in [-0.2, 0) is 9.59 Å². The molecule has 0 aromatic rings. The van der Waals surface area contributed by atoms with Gasteiger partial charge in [-0.15, -0.1) is 0 Å². The molecule has 0 radical (unpaired) electrons. The topological polar surface area (TPSA) is 69.6 Å². The van der Waals surface area contributed by atoms with Crippen molar-refractivity contribution in [3.63, 3.8) is 0 Å². The van der Waals surface area contributed by atoms with E-state index in [9.17, 15) is 23.5 Å². The van der Waals surface area contributed by atoms with Crippen LogP contribution in [0, 0.1) is 5.92 Å². The summed E-state index contributed by atoms with van der Waals surface area (Å²) in [6, 6.07) is 0. The third kappa shape index (κ3) is 2.88. The van der Waals surface area contributed by atoms with Crippen molar-refractivity contribution in [1.82, 2.24) is 10.2 Å². The van der Waals surface area contributed by atoms with Crippen LogP contribution in [0.3, 0.4) is 0 Å². The summed E-state index contributed by atoms with van der Waals surface area (Å²) in [6.07, 6.45) is 1.19. The van der Waals surface area contributed by atoms with E-state index in [0.717, 1.165) is 4.90 Å². The molecule has 2 N–H and O–H groups in total. The highest BCUT2D eigenvalue weighted by atomic mass is 19.3. The molecule has 1 saturated heterocycles. The van der Waals surface area contributed by atoms with Crippen molar-refractivity contribution in [2.24, 2.45) is 5.92 Å². The van der Waals surface area contributed by atoms with Crippen molar-refractivity contribution in [3.05, 3.63) is 0 Å². The number of alkyl halides is 2. The Balaban J connectivity index is 1.92. The van der Waals surface area contributed by atoms with Crippen molar-refractivity contribution in [3.8, 4) is 0 Å². The Labute approximate surface area is 122 Å². The van der Waals surface area contributed by atoms with Crippen LogP contribution < -0.4 is 5.32 Å². The predicted molar refractivity (Wildman–Crippen MR) is 71.7 cm³/mol. The van der Waals surface area contributed by atoms with E-state index in [1.807, 2.05) is 6.92 Å². The summed E-state index contributed by atoms with van der Waals surface area (Å²) in [5.41, 5.74) is -2.18. The van der Waals surface area contributed by atoms with Gasteiger partial charge >= 0.3 is 5.92 Å². The number of carbonyl (C=O) groups excluding carboxylic acids is 2. The minimum atomic E-state index is -3.73. The van der Waals surface area contributed by atoms with E-state index in [1.165, 1.54) is 0 Å². The van der Waals surface area contributed by atoms with Gasteiger partial charge in [0.2, 0.25) is 5.91 Å². The van der Waals surface area contributed by atoms with E-state index in [-0.39, 0.29) is 37.8 Å². The maximum atomic E-state index is 14.1. The fourth-order valence-corrected chi connectivity index (χ4v) is 2.89. The zero-order chi connectivity index (χ0) is 15.7. The molecule has 0 aromatic heterocycles. The zero-order valence-corrected chi connectivity index (χ0v) is 12.2. The fourth-order valence-electron chi connectivity index (χ4n) is 2.89. The first-order chi connectivity index (χ1) is 9.82. The Bertz CT molecular complexity index is 416. The predicted octanol–water partition coefficient (Wildman–Crippen LogP) is 0.911. The van der Waals surface area contributed by atoms with Gasteiger partial charge < -0.3 is 15.3 Å². The highest BCUT2D eigenvalue weighted by molar-refractivity contribution is 5.86. The average molecular weight is 304 g/mol. The molecule has 2 rings (SSSR count). The Morgan fingerprint density at radius 1 is 1.33 bits per heavy atom. The minimum Gasteiger partial charge on any atom is -0.383 e. The number of halogens is 2. The van der Waals surface area contributed by atoms with Crippen molar-refractivity contribution < 1.29 is 23.5 Å². The first kappa shape index (κ1) is 16.1. The number of hydrogen-bond acceptors (Lipinski definition) is 3. The quantitative estimate of drug-likeness (QED) is 0.811. The Morgan fingerprint density at radius 2 is 1.90 bits per heavy atom. The summed E-state index contributed by atoms with van der Waals surface area (Å²) in [7, 11) is 0. The van der Waals surface area contributed by atoms with Gasteiger partial charge in [-0.3, -0.25) is 9.59 Å². The molecular weight excluding hydrogens is 282 g/mol. The fraction of sp³-hybridized carbons (Fsp3) is 0.857. The lowest BCUT2D eigenvalue weighted by Gasteiger charge is -2.44. The van der Waals surface area contributed by atoms with Crippen molar-refractivity contribution >= 4 is 11.8 Å². The normalized spacial score (nSPS) is 22.6. The van der Waals surface area contributed by atoms with Crippen molar-refractivity contribution in [1.29, 1.82) is 0 Å². The highest BCUT2D eigenvalue weighted by Crippen LogP contribution is 2.45. The van der Waals surface area contributed by atoms with Crippen LogP contribution >= 0.6 is 0 Å². The second-order valence-electron chi connectivity index (χ2n) is 5.92. The van der Waals surface area contributed by atoms with Gasteiger partial charge in [0.25, 0.3) is 5.91 Å². The summed E-state index contributed by atoms with van der Waals surface area (Å²) >= 11 is 0. The summed E-state index contributed by atoms with van der Waals surface area (Å²) in [6.45, 7) is 2.61. The van der Waals surface area contributed by atoms with Gasteiger partial charge in [0.05, 0.1) is 0 Å². The van der Waals surface area contributed by atoms with Gasteiger partial charge in [-0.05, 0) is 39.0 Å². The van der Waals surface area contributed by atoms with E-state index >= 15 is 0 Å². The van der Waals surface area contributed by atoms with E-state index in [4.69, 9.17) is 0 Å². The molecule has 5 nitrogen and oxygen atoms in total. The molecule has 1 aliphatic carbocycles. The standard InChI is InChI=1S/C14H22F2N2O3/c1-2-17-11(19)10-4-8-18(9-5-10)12(20)14(15,16)13(21)6-3-7-13/h10,21H,2-9H2,1H3,(H,17,19). The van der Waals surface area contributed by atoms with Crippen LogP contribution in [0.2, 0.25) is 0 Å². The second kappa shape index (κ2) is 5.87. The van der Waals surface area contributed by atoms with Gasteiger partial charge in [0.1, 0.15) is 5.60 Å². The second-order valence-corrected chi connectivity index (χ2v) is 5.92. The lowest BCUT2D eigenvalue weighted by Crippen LogP contribution is -2.62. The Kier molecular flexibility index (Phi) is 4.51. The number of nitrogens with one attached hydrogen (secondary N) is 1. The van der Waals surface area contributed by atoms with Gasteiger partial charge in [-0.2, -0.15) is 8.78 Å². The molecule has 1 aliphatic heterocycles. The number of likely N-dealkylation sites (tertiary alicyclic amines) is 1. The summed E-state index contributed by atoms with van der Waals surface area (Å²) in [5.74, 6) is -5.36. The molecule has 2 amide bonds. The Hall–Kier alpha value is -1.24. The van der Waals surface area contributed by atoms with Crippen LogP contribution in [-0.4, -0.2) is 53.0 Å². The molecule has 21 heavy (non-hydrogen) atoms. The molecule has 0 aromatic carbocycles. The van der Waals surface area contributed by atoms with Crippen LogP contribution in [0.15, 0.2) is 0 Å². The number of piperidine rings is 1. The number of nitrogens with zero attached hydrogens (tertiary/aromatic N) is 1. The first-order valence-corrected chi connectivity index (χ1v) is 7.49. The molecular formula is C14H22F2N2O3. The minimum absolute atomic E-state index is 0.0406. The molecule has 0 bridgehead atoms. The summed E-state index contributed by atoms with van der Waals surface area (Å²) in [4.78, 5) is 24.7. The van der Waals surface area contributed by atoms with Gasteiger partial charge in [0.15, 0.2) is 0 Å². The first-order valence-electron chi connectivity index (χ1n) is 7.49. The molecule has 0 atom stereocenters. The van der Waals surface area contributed by atoms with E-state index < -0.39 is 17.4 Å². The van der Waals surface area contributed by atoms with E-state index in [2.05, 4.69) is 5.32 Å². The van der Waals surface area contributed by atoms with Crippen molar-refractivity contribution in [2.45, 2.75) is 50.6 Å². The lowest BCUT2D eigenvalue weighted by molar-refractivity contribution is -0.224. The third-order valence-electron chi connectivity index (χ3n) is 4.54. The molecule has 0 unspecified atom stereocenters. The van der Waals surface area contributed by atoms with E-state index in [0.29, 0.717) is 25.8 Å². The zero-order valence-electron chi connectivity index (χ0n) is 12.2. The monoisotopic (exact) mass is 304 g/mol. The maximum absolute atomic E-state index is 14.1. The summed E-state index contributed by atoms with van der Waals surface area (Å²) < 4.78 is 28.2. The van der Waals surface area contributed by atoms with Gasteiger partial charge in [-0.1, -0.05) is 0 Å². The average Bonchev–Trinajstić information content (AvgIpc) is 2.44. The molecule has 120 valence electrons. The number of rotatable bonds is 4. The van der Waals surface area contributed by atoms with Crippen LogP contribution in [0.4, 0.5) is 8.78 Å². The molecule has 0 spiro atoms. The summed E-state index contributed by atoms with van der Waals surface area (Å²) in [5, 5.41) is 12.5. The van der Waals surface area contributed by atoms with Gasteiger partial charge in [0, 0.05) is 25.6 Å². The largest absolute Gasteiger partial charge is 0.383 e. The van der Waals surface area contributed by atoms with Crippen LogP contribution in [0.25, 0.3) is 0 Å². The lowest BCUT2D eigenvalue weighted by atomic mass is 9.74. The van der Waals surface area contributed by atoms with Crippen LogP contribution in [0.1, 0.15) is 39.0 Å². The van der Waals surface area contributed by atoms with Gasteiger partial charge in [-0.25, -0.2) is 0 Å². The Morgan fingerprint density at radius 3 is 2.33 bits per heavy atom. The third-order valence-corrected chi connectivity index (χ3v) is 4.54. The molecule has 2 aliphatic rings. The number of aliphatic hydroxyl groups is 1. The molecule has 1 saturated carbocycles. The highest BCUT2D eigenvalue weighted by Gasteiger charge is 2.62. The number of hydrogen-bond donors (Lipinski definition) is 2. The van der Waals surface area contributed by atoms with E-state index in [1.54, 1.807) is 0 Å². The number of carbonyl (C=O) groups is 2.